The fourth-order valence-corrected chi connectivity index (χ4v) is 5.55. The van der Waals surface area contributed by atoms with Crippen LogP contribution in [0.25, 0.3) is 10.9 Å². The van der Waals surface area contributed by atoms with Gasteiger partial charge in [0.2, 0.25) is 5.91 Å². The third kappa shape index (κ3) is 3.04. The number of anilines is 1. The molecule has 2 aliphatic rings. The first kappa shape index (κ1) is 20.6. The molecule has 0 spiro atoms. The summed E-state index contributed by atoms with van der Waals surface area (Å²) >= 11 is 0. The van der Waals surface area contributed by atoms with E-state index in [2.05, 4.69) is 26.9 Å². The smallest absolute Gasteiger partial charge is 0.257 e. The van der Waals surface area contributed by atoms with Crippen molar-refractivity contribution in [2.45, 2.75) is 25.7 Å². The molecular formula is C27H27N5O2. The summed E-state index contributed by atoms with van der Waals surface area (Å²) in [6, 6.07) is 20.0. The fourth-order valence-electron chi connectivity index (χ4n) is 5.55. The van der Waals surface area contributed by atoms with Gasteiger partial charge in [-0.1, -0.05) is 30.3 Å². The second-order valence-electron chi connectivity index (χ2n) is 9.10. The molecule has 2 aromatic carbocycles. The average Bonchev–Trinajstić information content (AvgIpc) is 3.41. The van der Waals surface area contributed by atoms with E-state index in [-0.39, 0.29) is 24.5 Å². The standard InChI is InChI=1S/C27H27N5O2/c1-29-14-7-8-18(29)16-28-24(33)17-32-23-12-6-3-9-19(23)20-13-15-31-26(25(20)32)30(2)22-11-5-4-10-21(22)27(31)34/h3-12,14,26H,13,15-17H2,1-2H3,(H,28,33). The highest BCUT2D eigenvalue weighted by atomic mass is 16.2. The molecule has 7 heteroatoms. The van der Waals surface area contributed by atoms with Crippen molar-refractivity contribution < 1.29 is 9.59 Å². The summed E-state index contributed by atoms with van der Waals surface area (Å²) in [6.45, 7) is 1.34. The first-order chi connectivity index (χ1) is 16.5. The van der Waals surface area contributed by atoms with E-state index in [4.69, 9.17) is 0 Å². The lowest BCUT2D eigenvalue weighted by Crippen LogP contribution is -2.51. The number of hydrogen-bond donors (Lipinski definition) is 1. The summed E-state index contributed by atoms with van der Waals surface area (Å²) in [5.41, 5.74) is 5.99. The first-order valence-electron chi connectivity index (χ1n) is 11.6. The van der Waals surface area contributed by atoms with E-state index < -0.39 is 0 Å². The highest BCUT2D eigenvalue weighted by Gasteiger charge is 2.42. The number of rotatable bonds is 4. The van der Waals surface area contributed by atoms with Crippen LogP contribution in [0.3, 0.4) is 0 Å². The Morgan fingerprint density at radius 2 is 1.82 bits per heavy atom. The van der Waals surface area contributed by atoms with Gasteiger partial charge in [-0.3, -0.25) is 9.59 Å². The minimum Gasteiger partial charge on any atom is -0.353 e. The zero-order chi connectivity index (χ0) is 23.4. The van der Waals surface area contributed by atoms with Crippen LogP contribution in [-0.4, -0.2) is 39.4 Å². The second-order valence-corrected chi connectivity index (χ2v) is 9.10. The largest absolute Gasteiger partial charge is 0.353 e. The molecule has 2 amide bonds. The molecule has 0 aliphatic carbocycles. The molecule has 2 aliphatic heterocycles. The summed E-state index contributed by atoms with van der Waals surface area (Å²) in [7, 11) is 4.01. The maximum Gasteiger partial charge on any atom is 0.257 e. The van der Waals surface area contributed by atoms with Gasteiger partial charge in [0.25, 0.3) is 5.91 Å². The molecule has 1 N–H and O–H groups in total. The van der Waals surface area contributed by atoms with E-state index in [0.29, 0.717) is 13.1 Å². The van der Waals surface area contributed by atoms with E-state index in [1.807, 2.05) is 78.3 Å². The maximum atomic E-state index is 13.4. The van der Waals surface area contributed by atoms with Gasteiger partial charge in [0.1, 0.15) is 12.7 Å². The zero-order valence-electron chi connectivity index (χ0n) is 19.4. The Balaban J connectivity index is 1.42. The minimum atomic E-state index is -0.251. The highest BCUT2D eigenvalue weighted by molar-refractivity contribution is 6.02. The van der Waals surface area contributed by atoms with Gasteiger partial charge in [-0.2, -0.15) is 0 Å². The Kier molecular flexibility index (Phi) is 4.72. The zero-order valence-corrected chi connectivity index (χ0v) is 19.4. The van der Waals surface area contributed by atoms with Crippen molar-refractivity contribution in [3.05, 3.63) is 89.4 Å². The number of fused-ring (bicyclic) bond motifs is 6. The molecule has 4 aromatic rings. The molecule has 6 rings (SSSR count). The Labute approximate surface area is 198 Å². The SMILES string of the molecule is CN1c2ccccc2C(=O)N2CCc3c(n(CC(=O)NCc4cccn4C)c4ccccc34)C21. The van der Waals surface area contributed by atoms with Crippen LogP contribution >= 0.6 is 0 Å². The summed E-state index contributed by atoms with van der Waals surface area (Å²) < 4.78 is 4.12. The summed E-state index contributed by atoms with van der Waals surface area (Å²) in [4.78, 5) is 30.7. The van der Waals surface area contributed by atoms with Crippen LogP contribution < -0.4 is 10.2 Å². The summed E-state index contributed by atoms with van der Waals surface area (Å²) in [6.07, 6.45) is 2.49. The number of nitrogens with one attached hydrogen (secondary N) is 1. The molecule has 0 saturated heterocycles. The van der Waals surface area contributed by atoms with Gasteiger partial charge in [-0.15, -0.1) is 0 Å². The number of aryl methyl sites for hydroxylation is 1. The van der Waals surface area contributed by atoms with Gasteiger partial charge in [0.15, 0.2) is 0 Å². The van der Waals surface area contributed by atoms with Crippen molar-refractivity contribution in [3.8, 4) is 0 Å². The van der Waals surface area contributed by atoms with Gasteiger partial charge in [-0.05, 0) is 42.3 Å². The van der Waals surface area contributed by atoms with E-state index in [9.17, 15) is 9.59 Å². The maximum absolute atomic E-state index is 13.4. The second kappa shape index (κ2) is 7.80. The van der Waals surface area contributed by atoms with Crippen molar-refractivity contribution in [2.24, 2.45) is 7.05 Å². The number of hydrogen-bond acceptors (Lipinski definition) is 3. The van der Waals surface area contributed by atoms with Gasteiger partial charge < -0.3 is 24.3 Å². The van der Waals surface area contributed by atoms with Gasteiger partial charge in [0.05, 0.1) is 23.5 Å². The van der Waals surface area contributed by atoms with Crippen molar-refractivity contribution in [1.29, 1.82) is 0 Å². The third-order valence-electron chi connectivity index (χ3n) is 7.22. The molecule has 2 aromatic heterocycles. The monoisotopic (exact) mass is 453 g/mol. The first-order valence-corrected chi connectivity index (χ1v) is 11.6. The Morgan fingerprint density at radius 1 is 1.03 bits per heavy atom. The number of carbonyl (C=O) groups is 2. The lowest BCUT2D eigenvalue weighted by molar-refractivity contribution is -0.121. The molecule has 172 valence electrons. The molecule has 0 bridgehead atoms. The fraction of sp³-hybridized carbons (Fsp3) is 0.259. The molecule has 7 nitrogen and oxygen atoms in total. The van der Waals surface area contributed by atoms with Crippen LogP contribution in [0.15, 0.2) is 66.9 Å². The molecule has 34 heavy (non-hydrogen) atoms. The van der Waals surface area contributed by atoms with Crippen LogP contribution in [0.5, 0.6) is 0 Å². The normalized spacial score (nSPS) is 16.9. The summed E-state index contributed by atoms with van der Waals surface area (Å²) in [5.74, 6) is 0.00128. The number of amides is 2. The molecule has 1 unspecified atom stereocenters. The quantitative estimate of drug-likeness (QED) is 0.515. The van der Waals surface area contributed by atoms with Gasteiger partial charge in [0, 0.05) is 43.4 Å². The molecule has 0 saturated carbocycles. The van der Waals surface area contributed by atoms with Crippen LogP contribution in [0.1, 0.15) is 33.5 Å². The van der Waals surface area contributed by atoms with E-state index in [0.717, 1.165) is 40.0 Å². The van der Waals surface area contributed by atoms with Crippen LogP contribution in [0.2, 0.25) is 0 Å². The van der Waals surface area contributed by atoms with E-state index in [1.165, 1.54) is 5.56 Å². The number of aromatic nitrogens is 2. The Morgan fingerprint density at radius 3 is 2.65 bits per heavy atom. The van der Waals surface area contributed by atoms with Crippen molar-refractivity contribution in [1.82, 2.24) is 19.4 Å². The van der Waals surface area contributed by atoms with Gasteiger partial charge in [-0.25, -0.2) is 0 Å². The lowest BCUT2D eigenvalue weighted by Gasteiger charge is -2.46. The van der Waals surface area contributed by atoms with Crippen molar-refractivity contribution in [2.75, 3.05) is 18.5 Å². The van der Waals surface area contributed by atoms with E-state index >= 15 is 0 Å². The summed E-state index contributed by atoms with van der Waals surface area (Å²) in [5, 5.41) is 4.23. The molecule has 0 radical (unpaired) electrons. The van der Waals surface area contributed by atoms with Crippen molar-refractivity contribution in [3.63, 3.8) is 0 Å². The van der Waals surface area contributed by atoms with Gasteiger partial charge >= 0.3 is 0 Å². The molecule has 0 fully saturated rings. The topological polar surface area (TPSA) is 62.5 Å². The Hall–Kier alpha value is -4.00. The molecule has 4 heterocycles. The number of nitrogens with zero attached hydrogens (tertiary/aromatic N) is 4. The number of carbonyl (C=O) groups excluding carboxylic acids is 2. The predicted molar refractivity (Wildman–Crippen MR) is 132 cm³/mol. The number of benzene rings is 2. The average molecular weight is 454 g/mol. The van der Waals surface area contributed by atoms with Crippen molar-refractivity contribution >= 4 is 28.4 Å². The minimum absolute atomic E-state index is 0.0490. The van der Waals surface area contributed by atoms with Crippen LogP contribution in [-0.2, 0) is 31.4 Å². The lowest BCUT2D eigenvalue weighted by atomic mass is 9.96. The molecule has 1 atom stereocenters. The predicted octanol–water partition coefficient (Wildman–Crippen LogP) is 3.44. The Bertz CT molecular complexity index is 1430. The molecular weight excluding hydrogens is 426 g/mol. The van der Waals surface area contributed by atoms with E-state index in [1.54, 1.807) is 0 Å². The third-order valence-corrected chi connectivity index (χ3v) is 7.22. The van der Waals surface area contributed by atoms with Crippen LogP contribution in [0, 0.1) is 0 Å². The highest BCUT2D eigenvalue weighted by Crippen LogP contribution is 2.44. The van der Waals surface area contributed by atoms with Crippen LogP contribution in [0.4, 0.5) is 5.69 Å². The number of para-hydroxylation sites is 2.